The number of benzene rings is 1. The van der Waals surface area contributed by atoms with Crippen molar-refractivity contribution in [3.8, 4) is 0 Å². The number of nitrogens with one attached hydrogen (secondary N) is 1. The van der Waals surface area contributed by atoms with Crippen molar-refractivity contribution in [3.63, 3.8) is 0 Å². The van der Waals surface area contributed by atoms with E-state index in [0.717, 1.165) is 0 Å². The van der Waals surface area contributed by atoms with E-state index in [1.165, 1.54) is 6.07 Å². The maximum atomic E-state index is 11.9. The van der Waals surface area contributed by atoms with Gasteiger partial charge in [-0.1, -0.05) is 6.07 Å². The van der Waals surface area contributed by atoms with Gasteiger partial charge in [0, 0.05) is 5.69 Å². The average Bonchev–Trinajstić information content (AvgIpc) is 2.30. The number of carboxylic acids is 1. The number of carbonyl (C=O) groups excluding carboxylic acids is 1. The molecule has 5 nitrogen and oxygen atoms in total. The molecule has 0 aliphatic carbocycles. The van der Waals surface area contributed by atoms with Gasteiger partial charge >= 0.3 is 12.1 Å². The van der Waals surface area contributed by atoms with Gasteiger partial charge in [0.05, 0.1) is 5.56 Å². The first-order valence-electron chi connectivity index (χ1n) is 5.89. The minimum absolute atomic E-state index is 0.00658. The van der Waals surface area contributed by atoms with E-state index in [0.29, 0.717) is 11.1 Å². The summed E-state index contributed by atoms with van der Waals surface area (Å²) in [5.41, 5.74) is 1.35. The number of hydrogen-bond acceptors (Lipinski definition) is 3. The number of aryl methyl sites for hydroxylation is 2. The van der Waals surface area contributed by atoms with Crippen molar-refractivity contribution >= 4 is 17.6 Å². The molecule has 0 radical (unpaired) electrons. The van der Waals surface area contributed by atoms with E-state index in [1.54, 1.807) is 19.9 Å². The number of rotatable bonds is 5. The Morgan fingerprint density at radius 2 is 1.86 bits per heavy atom. The molecule has 1 aromatic carbocycles. The van der Waals surface area contributed by atoms with Crippen LogP contribution in [0.3, 0.4) is 0 Å². The molecule has 0 aromatic heterocycles. The van der Waals surface area contributed by atoms with Crippen LogP contribution in [0.25, 0.3) is 0 Å². The van der Waals surface area contributed by atoms with E-state index in [2.05, 4.69) is 10.1 Å². The van der Waals surface area contributed by atoms with Crippen LogP contribution in [0.15, 0.2) is 12.1 Å². The van der Waals surface area contributed by atoms with Crippen molar-refractivity contribution in [2.45, 2.75) is 20.0 Å². The fraction of sp³-hybridized carbons (Fsp3) is 0.385. The first kappa shape index (κ1) is 17.0. The number of anilines is 1. The van der Waals surface area contributed by atoms with Gasteiger partial charge in [0.25, 0.3) is 0 Å². The smallest absolute Gasteiger partial charge is 0.411 e. The molecule has 0 aliphatic rings. The number of alkyl halides is 3. The van der Waals surface area contributed by atoms with Gasteiger partial charge in [-0.2, -0.15) is 13.2 Å². The molecule has 1 rings (SSSR count). The minimum atomic E-state index is -4.50. The van der Waals surface area contributed by atoms with Crippen LogP contribution >= 0.6 is 0 Å². The standard InChI is InChI=1S/C13H14F3NO4/c1-7-3-8(2)10(4-9(7)12(19)20)17-11(18)5-21-6-13(14,15)16/h3-4H,5-6H2,1-2H3,(H,17,18)(H,19,20). The second-order valence-corrected chi connectivity index (χ2v) is 4.44. The Labute approximate surface area is 118 Å². The Morgan fingerprint density at radius 3 is 2.38 bits per heavy atom. The van der Waals surface area contributed by atoms with Crippen molar-refractivity contribution in [2.75, 3.05) is 18.5 Å². The first-order valence-corrected chi connectivity index (χ1v) is 5.89. The number of amides is 1. The fourth-order valence-corrected chi connectivity index (χ4v) is 1.66. The van der Waals surface area contributed by atoms with Crippen molar-refractivity contribution in [3.05, 3.63) is 28.8 Å². The summed E-state index contributed by atoms with van der Waals surface area (Å²) in [5.74, 6) is -1.95. The highest BCUT2D eigenvalue weighted by Crippen LogP contribution is 2.21. The SMILES string of the molecule is Cc1cc(C)c(C(=O)O)cc1NC(=O)COCC(F)(F)F. The number of aromatic carboxylic acids is 1. The lowest BCUT2D eigenvalue weighted by Crippen LogP contribution is -2.24. The number of ether oxygens (including phenoxy) is 1. The lowest BCUT2D eigenvalue weighted by atomic mass is 10.0. The molecular formula is C13H14F3NO4. The number of carboxylic acid groups (broad SMARTS) is 1. The Bertz CT molecular complexity index is 555. The number of halogens is 3. The molecule has 0 atom stereocenters. The zero-order chi connectivity index (χ0) is 16.2. The van der Waals surface area contributed by atoms with Crippen LogP contribution in [0.2, 0.25) is 0 Å². The summed E-state index contributed by atoms with van der Waals surface area (Å²) >= 11 is 0. The number of hydrogen-bond donors (Lipinski definition) is 2. The molecule has 116 valence electrons. The maximum Gasteiger partial charge on any atom is 0.411 e. The molecule has 0 saturated heterocycles. The van der Waals surface area contributed by atoms with Crippen LogP contribution in [0.5, 0.6) is 0 Å². The third kappa shape index (κ3) is 5.42. The highest BCUT2D eigenvalue weighted by atomic mass is 19.4. The molecule has 0 bridgehead atoms. The van der Waals surface area contributed by atoms with Crippen LogP contribution < -0.4 is 5.32 Å². The Kier molecular flexibility index (Phi) is 5.31. The largest absolute Gasteiger partial charge is 0.478 e. The lowest BCUT2D eigenvalue weighted by molar-refractivity contribution is -0.174. The molecule has 1 amide bonds. The zero-order valence-electron chi connectivity index (χ0n) is 11.4. The van der Waals surface area contributed by atoms with Gasteiger partial charge in [-0.15, -0.1) is 0 Å². The van der Waals surface area contributed by atoms with E-state index in [4.69, 9.17) is 5.11 Å². The molecule has 0 spiro atoms. The van der Waals surface area contributed by atoms with E-state index in [9.17, 15) is 22.8 Å². The normalized spacial score (nSPS) is 11.3. The molecule has 1 aromatic rings. The van der Waals surface area contributed by atoms with Crippen LogP contribution in [0.1, 0.15) is 21.5 Å². The van der Waals surface area contributed by atoms with Crippen LogP contribution in [0, 0.1) is 13.8 Å². The predicted octanol–water partition coefficient (Wildman–Crippen LogP) is 2.52. The number of carbonyl (C=O) groups is 2. The summed E-state index contributed by atoms with van der Waals surface area (Å²) in [6, 6.07) is 2.82. The van der Waals surface area contributed by atoms with Gasteiger partial charge in [-0.05, 0) is 31.0 Å². The van der Waals surface area contributed by atoms with Crippen LogP contribution in [-0.2, 0) is 9.53 Å². The summed E-state index contributed by atoms with van der Waals surface area (Å²) in [6.45, 7) is 0.961. The monoisotopic (exact) mass is 305 g/mol. The molecule has 2 N–H and O–H groups in total. The Morgan fingerprint density at radius 1 is 1.24 bits per heavy atom. The second kappa shape index (κ2) is 6.57. The van der Waals surface area contributed by atoms with Crippen molar-refractivity contribution in [2.24, 2.45) is 0 Å². The first-order chi connectivity index (χ1) is 9.60. The van der Waals surface area contributed by atoms with Crippen molar-refractivity contribution < 1.29 is 32.6 Å². The molecule has 0 aliphatic heterocycles. The van der Waals surface area contributed by atoms with Gasteiger partial charge < -0.3 is 15.2 Å². The average molecular weight is 305 g/mol. The lowest BCUT2D eigenvalue weighted by Gasteiger charge is -2.12. The molecule has 0 unspecified atom stereocenters. The predicted molar refractivity (Wildman–Crippen MR) is 68.4 cm³/mol. The highest BCUT2D eigenvalue weighted by Gasteiger charge is 2.27. The molecule has 21 heavy (non-hydrogen) atoms. The minimum Gasteiger partial charge on any atom is -0.478 e. The Balaban J connectivity index is 2.72. The molecule has 8 heteroatoms. The highest BCUT2D eigenvalue weighted by molar-refractivity contribution is 5.96. The molecule has 0 heterocycles. The van der Waals surface area contributed by atoms with E-state index in [1.807, 2.05) is 0 Å². The second-order valence-electron chi connectivity index (χ2n) is 4.44. The van der Waals surface area contributed by atoms with Gasteiger partial charge in [0.1, 0.15) is 13.2 Å². The third-order valence-electron chi connectivity index (χ3n) is 2.57. The summed E-state index contributed by atoms with van der Waals surface area (Å²) in [4.78, 5) is 22.5. The van der Waals surface area contributed by atoms with Crippen molar-refractivity contribution in [1.82, 2.24) is 0 Å². The topological polar surface area (TPSA) is 75.6 Å². The summed E-state index contributed by atoms with van der Waals surface area (Å²) < 4.78 is 39.8. The Hall–Kier alpha value is -2.09. The van der Waals surface area contributed by atoms with Gasteiger partial charge in [-0.3, -0.25) is 4.79 Å². The third-order valence-corrected chi connectivity index (χ3v) is 2.57. The zero-order valence-corrected chi connectivity index (χ0v) is 11.4. The summed E-state index contributed by atoms with van der Waals surface area (Å²) in [6.07, 6.45) is -4.50. The van der Waals surface area contributed by atoms with Crippen molar-refractivity contribution in [1.29, 1.82) is 0 Å². The quantitative estimate of drug-likeness (QED) is 0.876. The molecular weight excluding hydrogens is 291 g/mol. The van der Waals surface area contributed by atoms with E-state index < -0.39 is 31.3 Å². The van der Waals surface area contributed by atoms with Gasteiger partial charge in [0.2, 0.25) is 5.91 Å². The summed E-state index contributed by atoms with van der Waals surface area (Å²) in [5, 5.41) is 11.3. The summed E-state index contributed by atoms with van der Waals surface area (Å²) in [7, 11) is 0. The fourth-order valence-electron chi connectivity index (χ4n) is 1.66. The van der Waals surface area contributed by atoms with Gasteiger partial charge in [0.15, 0.2) is 0 Å². The maximum absolute atomic E-state index is 11.9. The van der Waals surface area contributed by atoms with E-state index in [-0.39, 0.29) is 11.3 Å². The molecule has 0 fully saturated rings. The molecule has 0 saturated carbocycles. The van der Waals surface area contributed by atoms with Crippen LogP contribution in [-0.4, -0.2) is 36.4 Å². The van der Waals surface area contributed by atoms with Gasteiger partial charge in [-0.25, -0.2) is 4.79 Å². The van der Waals surface area contributed by atoms with Crippen LogP contribution in [0.4, 0.5) is 18.9 Å². The van der Waals surface area contributed by atoms with E-state index >= 15 is 0 Å².